The molecule has 2 N–H and O–H groups in total. The lowest BCUT2D eigenvalue weighted by Crippen LogP contribution is -2.34. The maximum absolute atomic E-state index is 12.0. The third kappa shape index (κ3) is 2.59. The minimum absolute atomic E-state index is 0.0780. The van der Waals surface area contributed by atoms with Crippen LogP contribution in [0.1, 0.15) is 18.7 Å². The molecule has 5 heteroatoms. The van der Waals surface area contributed by atoms with Crippen LogP contribution in [0.3, 0.4) is 0 Å². The number of hydrogen-bond acceptors (Lipinski definition) is 4. The van der Waals surface area contributed by atoms with E-state index < -0.39 is 0 Å². The summed E-state index contributed by atoms with van der Waals surface area (Å²) in [6.45, 7) is 2.05. The third-order valence-electron chi connectivity index (χ3n) is 4.01. The van der Waals surface area contributed by atoms with Crippen LogP contribution in [0.25, 0.3) is 10.9 Å². The number of fused-ring (bicyclic) bond motifs is 1. The van der Waals surface area contributed by atoms with E-state index in [-0.39, 0.29) is 18.2 Å². The molecule has 106 valence electrons. The summed E-state index contributed by atoms with van der Waals surface area (Å²) < 4.78 is 0. The molecule has 1 fully saturated rings. The molecular formula is C15H19N3O2. The predicted molar refractivity (Wildman–Crippen MR) is 77.7 cm³/mol. The van der Waals surface area contributed by atoms with E-state index in [9.17, 15) is 9.90 Å². The number of aliphatic hydroxyl groups excluding tert-OH is 1. The Hall–Kier alpha value is -1.72. The Balaban J connectivity index is 1.76. The number of rotatable bonds is 4. The molecule has 0 radical (unpaired) electrons. The molecule has 5 nitrogen and oxygen atoms in total. The van der Waals surface area contributed by atoms with Gasteiger partial charge in [-0.3, -0.25) is 9.69 Å². The molecule has 0 bridgehead atoms. The Morgan fingerprint density at radius 1 is 1.40 bits per heavy atom. The first-order valence-electron chi connectivity index (χ1n) is 7.11. The second-order valence-corrected chi connectivity index (χ2v) is 5.29. The van der Waals surface area contributed by atoms with Gasteiger partial charge in [0.25, 0.3) is 5.56 Å². The molecule has 20 heavy (non-hydrogen) atoms. The number of nitrogens with one attached hydrogen (secondary N) is 1. The highest BCUT2D eigenvalue weighted by atomic mass is 16.3. The van der Waals surface area contributed by atoms with Crippen molar-refractivity contribution in [2.24, 2.45) is 0 Å². The van der Waals surface area contributed by atoms with E-state index in [1.54, 1.807) is 6.07 Å². The third-order valence-corrected chi connectivity index (χ3v) is 4.01. The molecule has 2 heterocycles. The molecule has 0 amide bonds. The first-order chi connectivity index (χ1) is 9.78. The van der Waals surface area contributed by atoms with Crippen LogP contribution in [-0.2, 0) is 6.42 Å². The first kappa shape index (κ1) is 13.3. The van der Waals surface area contributed by atoms with Crippen molar-refractivity contribution in [3.05, 3.63) is 40.4 Å². The van der Waals surface area contributed by atoms with Crippen LogP contribution >= 0.6 is 0 Å². The van der Waals surface area contributed by atoms with Crippen molar-refractivity contribution >= 4 is 10.9 Å². The van der Waals surface area contributed by atoms with Crippen LogP contribution in [0.4, 0.5) is 0 Å². The summed E-state index contributed by atoms with van der Waals surface area (Å²) in [5.74, 6) is 0.720. The summed E-state index contributed by atoms with van der Waals surface area (Å²) in [5.41, 5.74) is 0.664. The van der Waals surface area contributed by atoms with Gasteiger partial charge < -0.3 is 10.1 Å². The number of aromatic nitrogens is 2. The molecule has 1 saturated heterocycles. The minimum Gasteiger partial charge on any atom is -0.395 e. The zero-order valence-corrected chi connectivity index (χ0v) is 11.4. The van der Waals surface area contributed by atoms with E-state index in [1.807, 2.05) is 18.2 Å². The second-order valence-electron chi connectivity index (χ2n) is 5.29. The van der Waals surface area contributed by atoms with E-state index in [2.05, 4.69) is 14.9 Å². The van der Waals surface area contributed by atoms with E-state index in [0.717, 1.165) is 37.3 Å². The maximum Gasteiger partial charge on any atom is 0.258 e. The average Bonchev–Trinajstić information content (AvgIpc) is 2.93. The fourth-order valence-electron chi connectivity index (χ4n) is 2.90. The summed E-state index contributed by atoms with van der Waals surface area (Å²) in [7, 11) is 0. The minimum atomic E-state index is -0.0780. The lowest BCUT2D eigenvalue weighted by atomic mass is 10.2. The quantitative estimate of drug-likeness (QED) is 0.869. The smallest absolute Gasteiger partial charge is 0.258 e. The standard InChI is InChI=1S/C15H19N3O2/c19-10-11-4-3-8-18(11)9-7-14-16-13-6-2-1-5-12(13)15(20)17-14/h1-2,5-6,11,19H,3-4,7-10H2,(H,16,17,20). The summed E-state index contributed by atoms with van der Waals surface area (Å²) in [5, 5.41) is 9.93. The van der Waals surface area contributed by atoms with Crippen LogP contribution in [0, 0.1) is 0 Å². The van der Waals surface area contributed by atoms with Crippen molar-refractivity contribution in [1.82, 2.24) is 14.9 Å². The Labute approximate surface area is 117 Å². The first-order valence-corrected chi connectivity index (χ1v) is 7.11. The van der Waals surface area contributed by atoms with Gasteiger partial charge in [0.05, 0.1) is 17.5 Å². The zero-order chi connectivity index (χ0) is 13.9. The highest BCUT2D eigenvalue weighted by molar-refractivity contribution is 5.77. The molecule has 1 aliphatic heterocycles. The van der Waals surface area contributed by atoms with Crippen LogP contribution in [0.15, 0.2) is 29.1 Å². The van der Waals surface area contributed by atoms with Crippen molar-refractivity contribution in [1.29, 1.82) is 0 Å². The van der Waals surface area contributed by atoms with Crippen LogP contribution in [-0.4, -0.2) is 45.7 Å². The van der Waals surface area contributed by atoms with Gasteiger partial charge >= 0.3 is 0 Å². The van der Waals surface area contributed by atoms with Gasteiger partial charge in [-0.15, -0.1) is 0 Å². The molecular weight excluding hydrogens is 254 g/mol. The van der Waals surface area contributed by atoms with Crippen LogP contribution in [0.2, 0.25) is 0 Å². The van der Waals surface area contributed by atoms with Crippen molar-refractivity contribution in [3.8, 4) is 0 Å². The number of hydrogen-bond donors (Lipinski definition) is 2. The SMILES string of the molecule is O=c1[nH]c(CCN2CCCC2CO)nc2ccccc12. The Morgan fingerprint density at radius 2 is 2.25 bits per heavy atom. The van der Waals surface area contributed by atoms with E-state index in [0.29, 0.717) is 11.8 Å². The lowest BCUT2D eigenvalue weighted by molar-refractivity contribution is 0.159. The second kappa shape index (κ2) is 5.73. The van der Waals surface area contributed by atoms with Crippen molar-refractivity contribution in [3.63, 3.8) is 0 Å². The number of para-hydroxylation sites is 1. The van der Waals surface area contributed by atoms with Gasteiger partial charge in [-0.2, -0.15) is 0 Å². The van der Waals surface area contributed by atoms with Gasteiger partial charge in [-0.1, -0.05) is 12.1 Å². The molecule has 0 saturated carbocycles. The largest absolute Gasteiger partial charge is 0.395 e. The molecule has 1 aromatic heterocycles. The molecule has 1 aromatic carbocycles. The Kier molecular flexibility index (Phi) is 3.80. The molecule has 1 unspecified atom stereocenters. The number of H-pyrrole nitrogens is 1. The number of benzene rings is 1. The molecule has 0 spiro atoms. The van der Waals surface area contributed by atoms with E-state index in [4.69, 9.17) is 0 Å². The van der Waals surface area contributed by atoms with Crippen LogP contribution in [0.5, 0.6) is 0 Å². The highest BCUT2D eigenvalue weighted by Gasteiger charge is 2.23. The van der Waals surface area contributed by atoms with Crippen molar-refractivity contribution in [2.45, 2.75) is 25.3 Å². The lowest BCUT2D eigenvalue weighted by Gasteiger charge is -2.22. The normalized spacial score (nSPS) is 19.8. The average molecular weight is 273 g/mol. The summed E-state index contributed by atoms with van der Waals surface area (Å²) >= 11 is 0. The molecule has 1 atom stereocenters. The monoisotopic (exact) mass is 273 g/mol. The number of likely N-dealkylation sites (tertiary alicyclic amines) is 1. The fraction of sp³-hybridized carbons (Fsp3) is 0.467. The molecule has 0 aliphatic carbocycles. The highest BCUT2D eigenvalue weighted by Crippen LogP contribution is 2.16. The molecule has 2 aromatic rings. The van der Waals surface area contributed by atoms with Gasteiger partial charge in [0.15, 0.2) is 0 Å². The Morgan fingerprint density at radius 3 is 3.10 bits per heavy atom. The van der Waals surface area contributed by atoms with Gasteiger partial charge in [0.1, 0.15) is 5.82 Å². The summed E-state index contributed by atoms with van der Waals surface area (Å²) in [6, 6.07) is 7.64. The van der Waals surface area contributed by atoms with Crippen molar-refractivity contribution < 1.29 is 5.11 Å². The van der Waals surface area contributed by atoms with Gasteiger partial charge in [0.2, 0.25) is 0 Å². The van der Waals surface area contributed by atoms with Gasteiger partial charge in [-0.05, 0) is 31.5 Å². The summed E-state index contributed by atoms with van der Waals surface area (Å²) in [4.78, 5) is 21.6. The number of nitrogens with zero attached hydrogens (tertiary/aromatic N) is 2. The molecule has 1 aliphatic rings. The number of aliphatic hydroxyl groups is 1. The van der Waals surface area contributed by atoms with Gasteiger partial charge in [0, 0.05) is 19.0 Å². The predicted octanol–water partition coefficient (Wildman–Crippen LogP) is 0.922. The van der Waals surface area contributed by atoms with E-state index in [1.165, 1.54) is 0 Å². The Bertz CT molecular complexity index is 653. The maximum atomic E-state index is 12.0. The fourth-order valence-corrected chi connectivity index (χ4v) is 2.90. The topological polar surface area (TPSA) is 69.2 Å². The van der Waals surface area contributed by atoms with Crippen molar-refractivity contribution in [2.75, 3.05) is 19.7 Å². The number of aromatic amines is 1. The zero-order valence-electron chi connectivity index (χ0n) is 11.4. The van der Waals surface area contributed by atoms with Crippen LogP contribution < -0.4 is 5.56 Å². The summed E-state index contributed by atoms with van der Waals surface area (Å²) in [6.07, 6.45) is 2.89. The van der Waals surface area contributed by atoms with Gasteiger partial charge in [-0.25, -0.2) is 4.98 Å². The molecule has 3 rings (SSSR count). The van der Waals surface area contributed by atoms with E-state index >= 15 is 0 Å².